The van der Waals surface area contributed by atoms with Gasteiger partial charge in [0.1, 0.15) is 5.56 Å². The quantitative estimate of drug-likeness (QED) is 0.796. The molecule has 7 heteroatoms. The number of halogens is 1. The Morgan fingerprint density at radius 1 is 1.29 bits per heavy atom. The van der Waals surface area contributed by atoms with Crippen LogP contribution in [-0.4, -0.2) is 17.1 Å². The topological polar surface area (TPSA) is 78.4 Å². The van der Waals surface area contributed by atoms with Gasteiger partial charge in [-0.3, -0.25) is 0 Å². The van der Waals surface area contributed by atoms with E-state index in [-0.39, 0.29) is 22.3 Å². The van der Waals surface area contributed by atoms with Crippen LogP contribution in [0.4, 0.5) is 10.5 Å². The number of aromatic carboxylic acids is 1. The maximum Gasteiger partial charge on any atom is 0.339 e. The van der Waals surface area contributed by atoms with Crippen molar-refractivity contribution in [1.82, 2.24) is 5.32 Å². The molecule has 2 aromatic rings. The maximum atomic E-state index is 12.0. The minimum Gasteiger partial charge on any atom is -0.478 e. The summed E-state index contributed by atoms with van der Waals surface area (Å²) in [5.74, 6) is -1.19. The summed E-state index contributed by atoms with van der Waals surface area (Å²) in [6.07, 6.45) is 0. The van der Waals surface area contributed by atoms with Gasteiger partial charge in [0, 0.05) is 4.88 Å². The van der Waals surface area contributed by atoms with E-state index < -0.39 is 12.0 Å². The Kier molecular flexibility index (Phi) is 4.82. The van der Waals surface area contributed by atoms with Crippen molar-refractivity contribution in [2.24, 2.45) is 0 Å². The molecule has 1 unspecified atom stereocenters. The van der Waals surface area contributed by atoms with Gasteiger partial charge in [-0.25, -0.2) is 9.59 Å². The van der Waals surface area contributed by atoms with E-state index in [0.717, 1.165) is 4.88 Å². The van der Waals surface area contributed by atoms with Crippen LogP contribution in [0.25, 0.3) is 0 Å². The number of hydrogen-bond donors (Lipinski definition) is 3. The monoisotopic (exact) mass is 324 g/mol. The van der Waals surface area contributed by atoms with Crippen molar-refractivity contribution in [2.45, 2.75) is 13.0 Å². The maximum absolute atomic E-state index is 12.0. The van der Waals surface area contributed by atoms with Crippen molar-refractivity contribution in [2.75, 3.05) is 5.32 Å². The number of carbonyl (C=O) groups is 2. The van der Waals surface area contributed by atoms with E-state index in [1.165, 1.54) is 23.5 Å². The lowest BCUT2D eigenvalue weighted by atomic mass is 10.2. The van der Waals surface area contributed by atoms with Crippen molar-refractivity contribution in [3.05, 3.63) is 51.2 Å². The Labute approximate surface area is 130 Å². The molecule has 5 nitrogen and oxygen atoms in total. The molecule has 0 fully saturated rings. The number of urea groups is 1. The first-order chi connectivity index (χ1) is 9.99. The average Bonchev–Trinajstić information content (AvgIpc) is 2.91. The lowest BCUT2D eigenvalue weighted by molar-refractivity contribution is 0.0698. The molecule has 0 aliphatic rings. The molecule has 110 valence electrons. The van der Waals surface area contributed by atoms with Crippen molar-refractivity contribution >= 4 is 40.6 Å². The van der Waals surface area contributed by atoms with Gasteiger partial charge >= 0.3 is 12.0 Å². The predicted molar refractivity (Wildman–Crippen MR) is 83.3 cm³/mol. The Hall–Kier alpha value is -2.05. The van der Waals surface area contributed by atoms with Crippen molar-refractivity contribution in [3.63, 3.8) is 0 Å². The molecule has 0 radical (unpaired) electrons. The summed E-state index contributed by atoms with van der Waals surface area (Å²) >= 11 is 7.38. The van der Waals surface area contributed by atoms with Crippen LogP contribution in [0.1, 0.15) is 28.2 Å². The van der Waals surface area contributed by atoms with Crippen LogP contribution in [0.15, 0.2) is 35.7 Å². The minimum atomic E-state index is -1.19. The van der Waals surface area contributed by atoms with E-state index in [9.17, 15) is 9.59 Å². The van der Waals surface area contributed by atoms with Gasteiger partial charge in [0.05, 0.1) is 16.8 Å². The third-order valence-electron chi connectivity index (χ3n) is 2.79. The molecule has 1 aromatic carbocycles. The van der Waals surface area contributed by atoms with Crippen LogP contribution in [0, 0.1) is 0 Å². The number of amides is 2. The second kappa shape index (κ2) is 6.60. The predicted octanol–water partition coefficient (Wildman–Crippen LogP) is 3.98. The highest BCUT2D eigenvalue weighted by Gasteiger charge is 2.17. The van der Waals surface area contributed by atoms with E-state index in [1.54, 1.807) is 6.07 Å². The Bertz CT molecular complexity index is 658. The normalized spacial score (nSPS) is 11.7. The molecule has 0 aliphatic carbocycles. The highest BCUT2D eigenvalue weighted by molar-refractivity contribution is 7.10. The minimum absolute atomic E-state index is 0.0756. The molecule has 1 heterocycles. The van der Waals surface area contributed by atoms with E-state index in [1.807, 2.05) is 24.4 Å². The lowest BCUT2D eigenvalue weighted by Crippen LogP contribution is -2.31. The van der Waals surface area contributed by atoms with Gasteiger partial charge in [-0.15, -0.1) is 11.3 Å². The fourth-order valence-electron chi connectivity index (χ4n) is 1.81. The van der Waals surface area contributed by atoms with Gasteiger partial charge in [0.2, 0.25) is 0 Å². The SMILES string of the molecule is CC(NC(=O)Nc1cccc(Cl)c1C(=O)O)c1cccs1. The van der Waals surface area contributed by atoms with E-state index in [4.69, 9.17) is 16.7 Å². The number of carboxylic acid groups (broad SMARTS) is 1. The zero-order chi connectivity index (χ0) is 15.4. The Balaban J connectivity index is 2.10. The average molecular weight is 325 g/mol. The van der Waals surface area contributed by atoms with Crippen molar-refractivity contribution < 1.29 is 14.7 Å². The number of thiophene rings is 1. The molecule has 0 aliphatic heterocycles. The standard InChI is InChI=1S/C14H13ClN2O3S/c1-8(11-6-3-7-21-11)16-14(20)17-10-5-2-4-9(15)12(10)13(18)19/h2-8H,1H3,(H,18,19)(H2,16,17,20). The van der Waals surface area contributed by atoms with Crippen LogP contribution in [0.3, 0.4) is 0 Å². The van der Waals surface area contributed by atoms with E-state index in [2.05, 4.69) is 10.6 Å². The fraction of sp³-hybridized carbons (Fsp3) is 0.143. The van der Waals surface area contributed by atoms with Crippen LogP contribution < -0.4 is 10.6 Å². The zero-order valence-electron chi connectivity index (χ0n) is 11.1. The van der Waals surface area contributed by atoms with E-state index in [0.29, 0.717) is 0 Å². The van der Waals surface area contributed by atoms with Gasteiger partial charge in [0.15, 0.2) is 0 Å². The first kappa shape index (κ1) is 15.3. The van der Waals surface area contributed by atoms with Crippen molar-refractivity contribution in [3.8, 4) is 0 Å². The number of anilines is 1. The molecule has 1 aromatic heterocycles. The molecule has 0 bridgehead atoms. The number of rotatable bonds is 4. The van der Waals surface area contributed by atoms with Gasteiger partial charge < -0.3 is 15.7 Å². The van der Waals surface area contributed by atoms with Crippen LogP contribution in [-0.2, 0) is 0 Å². The first-order valence-corrected chi connectivity index (χ1v) is 7.37. The van der Waals surface area contributed by atoms with Crippen molar-refractivity contribution in [1.29, 1.82) is 0 Å². The molecule has 21 heavy (non-hydrogen) atoms. The van der Waals surface area contributed by atoms with Gasteiger partial charge in [-0.05, 0) is 30.5 Å². The highest BCUT2D eigenvalue weighted by Crippen LogP contribution is 2.24. The largest absolute Gasteiger partial charge is 0.478 e. The lowest BCUT2D eigenvalue weighted by Gasteiger charge is -2.14. The first-order valence-electron chi connectivity index (χ1n) is 6.11. The van der Waals surface area contributed by atoms with Crippen LogP contribution in [0.5, 0.6) is 0 Å². The summed E-state index contributed by atoms with van der Waals surface area (Å²) < 4.78 is 0. The summed E-state index contributed by atoms with van der Waals surface area (Å²) in [6, 6.07) is 7.69. The summed E-state index contributed by atoms with van der Waals surface area (Å²) in [4.78, 5) is 24.1. The molecular formula is C14H13ClN2O3S. The molecule has 1 atom stereocenters. The highest BCUT2D eigenvalue weighted by atomic mass is 35.5. The van der Waals surface area contributed by atoms with Gasteiger partial charge in [0.25, 0.3) is 0 Å². The smallest absolute Gasteiger partial charge is 0.339 e. The summed E-state index contributed by atoms with van der Waals surface area (Å²) in [5, 5.41) is 16.4. The number of benzene rings is 1. The number of hydrogen-bond acceptors (Lipinski definition) is 3. The van der Waals surface area contributed by atoms with Gasteiger partial charge in [-0.1, -0.05) is 23.7 Å². The molecule has 0 saturated carbocycles. The second-order valence-electron chi connectivity index (χ2n) is 4.30. The molecule has 0 spiro atoms. The summed E-state index contributed by atoms with van der Waals surface area (Å²) in [5.41, 5.74) is 0.0315. The Morgan fingerprint density at radius 3 is 2.67 bits per heavy atom. The Morgan fingerprint density at radius 2 is 2.05 bits per heavy atom. The molecule has 0 saturated heterocycles. The van der Waals surface area contributed by atoms with Gasteiger partial charge in [-0.2, -0.15) is 0 Å². The molecule has 2 amide bonds. The van der Waals surface area contributed by atoms with Crippen LogP contribution >= 0.6 is 22.9 Å². The molecule has 3 N–H and O–H groups in total. The van der Waals surface area contributed by atoms with E-state index >= 15 is 0 Å². The number of carboxylic acids is 1. The number of carbonyl (C=O) groups excluding carboxylic acids is 1. The summed E-state index contributed by atoms with van der Waals surface area (Å²) in [6.45, 7) is 1.85. The third-order valence-corrected chi connectivity index (χ3v) is 4.16. The molecule has 2 rings (SSSR count). The third kappa shape index (κ3) is 3.74. The molecular weight excluding hydrogens is 312 g/mol. The second-order valence-corrected chi connectivity index (χ2v) is 5.69. The summed E-state index contributed by atoms with van der Waals surface area (Å²) in [7, 11) is 0. The number of nitrogens with one attached hydrogen (secondary N) is 2. The zero-order valence-corrected chi connectivity index (χ0v) is 12.7. The fourth-order valence-corrected chi connectivity index (χ4v) is 2.80. The van der Waals surface area contributed by atoms with Crippen LogP contribution in [0.2, 0.25) is 5.02 Å².